The van der Waals surface area contributed by atoms with Crippen molar-refractivity contribution in [2.75, 3.05) is 12.3 Å². The number of hydrogen-bond donors (Lipinski definition) is 3. The average Bonchev–Trinajstić information content (AvgIpc) is 3.56. The van der Waals surface area contributed by atoms with Gasteiger partial charge in [0.25, 0.3) is 0 Å². The number of nitrogens with zero attached hydrogens (tertiary/aromatic N) is 2. The molecular weight excluding hydrogens is 605 g/mol. The van der Waals surface area contributed by atoms with Gasteiger partial charge in [0.1, 0.15) is 12.1 Å². The molecule has 1 fully saturated rings. The first-order chi connectivity index (χ1) is 19.6. The lowest BCUT2D eigenvalue weighted by atomic mass is 9.97. The second-order valence-corrected chi connectivity index (χ2v) is 14.1. The quantitative estimate of drug-likeness (QED) is 0.328. The average molecular weight is 637 g/mol. The first-order valence-electron chi connectivity index (χ1n) is 13.4. The summed E-state index contributed by atoms with van der Waals surface area (Å²) in [6, 6.07) is 11.8. The summed E-state index contributed by atoms with van der Waals surface area (Å²) in [5.74, 6) is -0.969. The fourth-order valence-corrected chi connectivity index (χ4v) is 8.06. The molecule has 5 rings (SSSR count). The molecule has 2 amide bonds. The number of aromatic nitrogens is 1. The smallest absolute Gasteiger partial charge is 0.243 e. The molecule has 4 N–H and O–H groups in total. The predicted molar refractivity (Wildman–Crippen MR) is 161 cm³/mol. The standard InChI is InChI=1S/C28H31Cl2N5O4S2/c29-20-10-8-18(13-21(20)30)14-23(34-41(38,39)16-17-5-2-1-3-6-17)27(37)35-12-4-7-24(35)26(36)32-19-9-11-22-25(15-19)40-28(31)33-22/h1-3,5-6,8,10,13,19,23-24,34H,4,7,9,11-12,14-16H2,(H2,31,33)(H,32,36)/t19?,23-,24+/m1/s1. The zero-order valence-corrected chi connectivity index (χ0v) is 25.3. The molecule has 0 spiro atoms. The molecule has 1 unspecified atom stereocenters. The lowest BCUT2D eigenvalue weighted by Crippen LogP contribution is -2.55. The monoisotopic (exact) mass is 635 g/mol. The summed E-state index contributed by atoms with van der Waals surface area (Å²) < 4.78 is 29.0. The molecule has 13 heteroatoms. The van der Waals surface area contributed by atoms with Gasteiger partial charge in [-0.15, -0.1) is 11.3 Å². The molecule has 0 radical (unpaired) electrons. The summed E-state index contributed by atoms with van der Waals surface area (Å²) in [7, 11) is -3.91. The Labute approximate surface area is 253 Å². The number of carbonyl (C=O) groups excluding carboxylic acids is 2. The van der Waals surface area contributed by atoms with Crippen molar-refractivity contribution in [1.29, 1.82) is 0 Å². The maximum absolute atomic E-state index is 13.9. The number of aryl methyl sites for hydroxylation is 1. The number of benzene rings is 2. The molecule has 1 aromatic heterocycles. The molecule has 9 nitrogen and oxygen atoms in total. The van der Waals surface area contributed by atoms with E-state index in [0.29, 0.717) is 52.1 Å². The third kappa shape index (κ3) is 7.39. The molecule has 2 heterocycles. The first-order valence-corrected chi connectivity index (χ1v) is 16.6. The van der Waals surface area contributed by atoms with Gasteiger partial charge in [-0.2, -0.15) is 0 Å². The van der Waals surface area contributed by atoms with Gasteiger partial charge in [-0.25, -0.2) is 18.1 Å². The van der Waals surface area contributed by atoms with Gasteiger partial charge >= 0.3 is 0 Å². The molecule has 3 aromatic rings. The Hall–Kier alpha value is -2.70. The van der Waals surface area contributed by atoms with E-state index in [4.69, 9.17) is 28.9 Å². The van der Waals surface area contributed by atoms with Crippen LogP contribution in [0.25, 0.3) is 0 Å². The Balaban J connectivity index is 1.32. The Morgan fingerprint density at radius 1 is 1.10 bits per heavy atom. The number of thiazole rings is 1. The molecule has 218 valence electrons. The Kier molecular flexibility index (Phi) is 9.20. The van der Waals surface area contributed by atoms with Crippen LogP contribution in [0.4, 0.5) is 5.13 Å². The highest BCUT2D eigenvalue weighted by Gasteiger charge is 2.39. The highest BCUT2D eigenvalue weighted by molar-refractivity contribution is 7.88. The Bertz CT molecular complexity index is 1530. The van der Waals surface area contributed by atoms with Crippen molar-refractivity contribution in [2.45, 2.75) is 62.4 Å². The van der Waals surface area contributed by atoms with Crippen LogP contribution < -0.4 is 15.8 Å². The number of sulfonamides is 1. The van der Waals surface area contributed by atoms with Crippen molar-refractivity contribution >= 4 is 61.5 Å². The van der Waals surface area contributed by atoms with Crippen LogP contribution in [0.3, 0.4) is 0 Å². The van der Waals surface area contributed by atoms with Gasteiger partial charge in [0.2, 0.25) is 21.8 Å². The van der Waals surface area contributed by atoms with Crippen molar-refractivity contribution in [3.8, 4) is 0 Å². The zero-order valence-electron chi connectivity index (χ0n) is 22.2. The van der Waals surface area contributed by atoms with E-state index >= 15 is 0 Å². The molecule has 41 heavy (non-hydrogen) atoms. The van der Waals surface area contributed by atoms with Crippen molar-refractivity contribution in [3.63, 3.8) is 0 Å². The van der Waals surface area contributed by atoms with Gasteiger partial charge < -0.3 is 16.0 Å². The number of amides is 2. The largest absolute Gasteiger partial charge is 0.375 e. The third-order valence-corrected chi connectivity index (χ3v) is 10.4. The zero-order chi connectivity index (χ0) is 29.1. The lowest BCUT2D eigenvalue weighted by molar-refractivity contribution is -0.140. The highest BCUT2D eigenvalue weighted by atomic mass is 35.5. The minimum absolute atomic E-state index is 0.0484. The van der Waals surface area contributed by atoms with E-state index in [1.54, 1.807) is 48.5 Å². The summed E-state index contributed by atoms with van der Waals surface area (Å²) in [6.45, 7) is 0.357. The van der Waals surface area contributed by atoms with Crippen LogP contribution in [0.15, 0.2) is 48.5 Å². The molecular formula is C28H31Cl2N5O4S2. The van der Waals surface area contributed by atoms with Gasteiger partial charge in [-0.05, 0) is 55.4 Å². The van der Waals surface area contributed by atoms with Crippen LogP contribution in [0.5, 0.6) is 0 Å². The fourth-order valence-electron chi connectivity index (χ4n) is 5.45. The van der Waals surface area contributed by atoms with Crippen LogP contribution in [-0.4, -0.2) is 54.8 Å². The van der Waals surface area contributed by atoms with Gasteiger partial charge in [-0.3, -0.25) is 9.59 Å². The molecule has 3 atom stereocenters. The predicted octanol–water partition coefficient (Wildman–Crippen LogP) is 3.73. The summed E-state index contributed by atoms with van der Waals surface area (Å²) in [5.41, 5.74) is 8.08. The summed E-state index contributed by atoms with van der Waals surface area (Å²) in [5, 5.41) is 4.30. The number of carbonyl (C=O) groups is 2. The van der Waals surface area contributed by atoms with Gasteiger partial charge in [-0.1, -0.05) is 59.6 Å². The van der Waals surface area contributed by atoms with E-state index in [1.807, 2.05) is 0 Å². The number of nitrogens with one attached hydrogen (secondary N) is 2. The van der Waals surface area contributed by atoms with E-state index in [-0.39, 0.29) is 24.1 Å². The van der Waals surface area contributed by atoms with Crippen molar-refractivity contribution in [3.05, 3.63) is 80.3 Å². The number of fused-ring (bicyclic) bond motifs is 1. The van der Waals surface area contributed by atoms with E-state index in [0.717, 1.165) is 23.4 Å². The van der Waals surface area contributed by atoms with Gasteiger partial charge in [0.15, 0.2) is 5.13 Å². The number of rotatable bonds is 9. The summed E-state index contributed by atoms with van der Waals surface area (Å²) in [6.07, 6.45) is 3.31. The van der Waals surface area contributed by atoms with Crippen LogP contribution in [-0.2, 0) is 44.6 Å². The maximum atomic E-state index is 13.9. The fraction of sp³-hybridized carbons (Fsp3) is 0.393. The molecule has 1 saturated heterocycles. The van der Waals surface area contributed by atoms with E-state index in [2.05, 4.69) is 15.0 Å². The SMILES string of the molecule is Nc1nc2c(s1)CC(NC(=O)[C@@H]1CCCN1C(=O)[C@@H](Cc1ccc(Cl)c(Cl)c1)NS(=O)(=O)Cc1ccccc1)CC2. The molecule has 1 aliphatic heterocycles. The number of anilines is 1. The van der Waals surface area contributed by atoms with Gasteiger partial charge in [0, 0.05) is 23.9 Å². The number of likely N-dealkylation sites (tertiary alicyclic amines) is 1. The van der Waals surface area contributed by atoms with Crippen LogP contribution in [0.2, 0.25) is 10.0 Å². The van der Waals surface area contributed by atoms with Crippen molar-refractivity contribution < 1.29 is 18.0 Å². The second-order valence-electron chi connectivity index (χ2n) is 10.4. The number of nitrogens with two attached hydrogens (primary N) is 1. The van der Waals surface area contributed by atoms with E-state index in [1.165, 1.54) is 16.2 Å². The minimum Gasteiger partial charge on any atom is -0.375 e. The number of nitrogen functional groups attached to an aromatic ring is 1. The number of hydrogen-bond acceptors (Lipinski definition) is 7. The molecule has 0 saturated carbocycles. The van der Waals surface area contributed by atoms with E-state index in [9.17, 15) is 18.0 Å². The van der Waals surface area contributed by atoms with Crippen molar-refractivity contribution in [1.82, 2.24) is 19.9 Å². The van der Waals surface area contributed by atoms with Crippen LogP contribution in [0, 0.1) is 0 Å². The Morgan fingerprint density at radius 2 is 1.88 bits per heavy atom. The van der Waals surface area contributed by atoms with Gasteiger partial charge in [0.05, 0.1) is 21.5 Å². The first kappa shape index (κ1) is 29.8. The minimum atomic E-state index is -3.91. The normalized spacial score (nSPS) is 19.5. The summed E-state index contributed by atoms with van der Waals surface area (Å²) in [4.78, 5) is 34.3. The second kappa shape index (κ2) is 12.7. The highest BCUT2D eigenvalue weighted by Crippen LogP contribution is 2.29. The lowest BCUT2D eigenvalue weighted by Gasteiger charge is -2.30. The van der Waals surface area contributed by atoms with Crippen LogP contribution >= 0.6 is 34.5 Å². The topological polar surface area (TPSA) is 134 Å². The van der Waals surface area contributed by atoms with Crippen LogP contribution in [0.1, 0.15) is 41.0 Å². The summed E-state index contributed by atoms with van der Waals surface area (Å²) >= 11 is 13.7. The third-order valence-electron chi connectivity index (χ3n) is 7.38. The molecule has 1 aliphatic carbocycles. The maximum Gasteiger partial charge on any atom is 0.243 e. The molecule has 2 aliphatic rings. The molecule has 0 bridgehead atoms. The number of halogens is 2. The molecule has 2 aromatic carbocycles. The van der Waals surface area contributed by atoms with Crippen molar-refractivity contribution in [2.24, 2.45) is 0 Å². The Morgan fingerprint density at radius 3 is 2.63 bits per heavy atom. The van der Waals surface area contributed by atoms with E-state index < -0.39 is 28.0 Å².